The Hall–Kier alpha value is -1.39. The van der Waals surface area contributed by atoms with Gasteiger partial charge in [-0.1, -0.05) is 6.92 Å². The van der Waals surface area contributed by atoms with Gasteiger partial charge in [-0.2, -0.15) is 13.2 Å². The van der Waals surface area contributed by atoms with Gasteiger partial charge in [0, 0.05) is 23.9 Å². The van der Waals surface area contributed by atoms with E-state index in [1.165, 1.54) is 0 Å². The Labute approximate surface area is 103 Å². The molecule has 0 aliphatic heterocycles. The summed E-state index contributed by atoms with van der Waals surface area (Å²) in [6.45, 7) is 2.02. The van der Waals surface area contributed by atoms with Crippen LogP contribution in [0, 0.1) is 11.8 Å². The summed E-state index contributed by atoms with van der Waals surface area (Å²) in [5.74, 6) is -0.296. The summed E-state index contributed by atoms with van der Waals surface area (Å²) in [6, 6.07) is 0.867. The molecule has 5 heteroatoms. The Bertz CT molecular complexity index is 456. The summed E-state index contributed by atoms with van der Waals surface area (Å²) in [5, 5.41) is 0. The van der Waals surface area contributed by atoms with Gasteiger partial charge in [-0.15, -0.1) is 0 Å². The van der Waals surface area contributed by atoms with E-state index in [1.54, 1.807) is 0 Å². The van der Waals surface area contributed by atoms with Crippen molar-refractivity contribution < 1.29 is 18.0 Å². The first-order valence-corrected chi connectivity index (χ1v) is 5.95. The van der Waals surface area contributed by atoms with Crippen LogP contribution >= 0.6 is 0 Å². The number of pyridine rings is 1. The van der Waals surface area contributed by atoms with Crippen molar-refractivity contribution in [3.8, 4) is 0 Å². The molecule has 2 nitrogen and oxygen atoms in total. The summed E-state index contributed by atoms with van der Waals surface area (Å²) < 4.78 is 38.4. The van der Waals surface area contributed by atoms with E-state index in [4.69, 9.17) is 0 Å². The average Bonchev–Trinajstić information content (AvgIpc) is 2.74. The van der Waals surface area contributed by atoms with Crippen LogP contribution in [0.4, 0.5) is 13.2 Å². The minimum absolute atomic E-state index is 0.287. The topological polar surface area (TPSA) is 30.0 Å². The Morgan fingerprint density at radius 2 is 2.11 bits per heavy atom. The molecular weight excluding hydrogens is 243 g/mol. The zero-order valence-corrected chi connectivity index (χ0v) is 10.00. The normalized spacial score (nSPS) is 24.2. The lowest BCUT2D eigenvalue weighted by atomic mass is 9.93. The van der Waals surface area contributed by atoms with Gasteiger partial charge in [-0.3, -0.25) is 9.78 Å². The summed E-state index contributed by atoms with van der Waals surface area (Å²) in [6.07, 6.45) is -0.154. The van der Waals surface area contributed by atoms with E-state index in [1.807, 2.05) is 6.92 Å². The number of ketones is 1. The number of Topliss-reactive ketones (excluding diaryl/α,β-unsaturated/α-hetero) is 1. The van der Waals surface area contributed by atoms with Crippen molar-refractivity contribution in [2.45, 2.75) is 32.4 Å². The molecular formula is C13H14F3NO. The standard InChI is InChI=1S/C13H14F3NO/c1-8-2-3-9(6-8)12(18)10-7-17-5-4-11(10)13(14,15)16/h4-5,7-9H,2-3,6H2,1H3. The molecule has 0 spiro atoms. The van der Waals surface area contributed by atoms with Gasteiger partial charge in [0.15, 0.2) is 5.78 Å². The number of nitrogens with zero attached hydrogens (tertiary/aromatic N) is 1. The van der Waals surface area contributed by atoms with E-state index < -0.39 is 17.5 Å². The fraction of sp³-hybridized carbons (Fsp3) is 0.538. The first-order valence-electron chi connectivity index (χ1n) is 5.95. The third-order valence-corrected chi connectivity index (χ3v) is 3.46. The molecule has 0 N–H and O–H groups in total. The summed E-state index contributed by atoms with van der Waals surface area (Å²) >= 11 is 0. The fourth-order valence-electron chi connectivity index (χ4n) is 2.50. The van der Waals surface area contributed by atoms with E-state index in [0.29, 0.717) is 18.8 Å². The van der Waals surface area contributed by atoms with E-state index in [9.17, 15) is 18.0 Å². The molecule has 1 saturated carbocycles. The van der Waals surface area contributed by atoms with Crippen LogP contribution in [0.5, 0.6) is 0 Å². The molecule has 0 amide bonds. The van der Waals surface area contributed by atoms with E-state index >= 15 is 0 Å². The average molecular weight is 257 g/mol. The number of aromatic nitrogens is 1. The van der Waals surface area contributed by atoms with Gasteiger partial charge >= 0.3 is 6.18 Å². The Balaban J connectivity index is 2.31. The second kappa shape index (κ2) is 4.71. The number of carbonyl (C=O) groups excluding carboxylic acids is 1. The molecule has 1 aromatic rings. The van der Waals surface area contributed by atoms with Crippen LogP contribution in [0.2, 0.25) is 0 Å². The lowest BCUT2D eigenvalue weighted by Crippen LogP contribution is -2.18. The van der Waals surface area contributed by atoms with Gasteiger partial charge < -0.3 is 0 Å². The van der Waals surface area contributed by atoms with Crippen LogP contribution in [0.15, 0.2) is 18.5 Å². The van der Waals surface area contributed by atoms with Crippen molar-refractivity contribution in [1.29, 1.82) is 0 Å². The molecule has 1 aliphatic carbocycles. The summed E-state index contributed by atoms with van der Waals surface area (Å²) in [5.41, 5.74) is -1.16. The number of rotatable bonds is 2. The Morgan fingerprint density at radius 1 is 1.39 bits per heavy atom. The van der Waals surface area contributed by atoms with E-state index in [2.05, 4.69) is 4.98 Å². The predicted molar refractivity (Wildman–Crippen MR) is 60.1 cm³/mol. The lowest BCUT2D eigenvalue weighted by molar-refractivity contribution is -0.138. The van der Waals surface area contributed by atoms with Crippen LogP contribution in [0.3, 0.4) is 0 Å². The van der Waals surface area contributed by atoms with Crippen molar-refractivity contribution in [2.24, 2.45) is 11.8 Å². The van der Waals surface area contributed by atoms with Crippen LogP contribution in [0.1, 0.15) is 42.1 Å². The maximum atomic E-state index is 12.8. The minimum Gasteiger partial charge on any atom is -0.294 e. The Morgan fingerprint density at radius 3 is 2.67 bits per heavy atom. The minimum atomic E-state index is -4.50. The fourth-order valence-corrected chi connectivity index (χ4v) is 2.50. The summed E-state index contributed by atoms with van der Waals surface area (Å²) in [7, 11) is 0. The van der Waals surface area contributed by atoms with E-state index in [-0.39, 0.29) is 11.5 Å². The van der Waals surface area contributed by atoms with Gasteiger partial charge in [0.1, 0.15) is 0 Å². The molecule has 98 valence electrons. The maximum absolute atomic E-state index is 12.8. The number of carbonyl (C=O) groups is 1. The lowest BCUT2D eigenvalue weighted by Gasteiger charge is -2.14. The number of hydrogen-bond donors (Lipinski definition) is 0. The SMILES string of the molecule is CC1CCC(C(=O)c2cnccc2C(F)(F)F)C1. The predicted octanol–water partition coefficient (Wildman–Crippen LogP) is 3.72. The third-order valence-electron chi connectivity index (χ3n) is 3.46. The molecule has 1 aromatic heterocycles. The number of halogens is 3. The zero-order chi connectivity index (χ0) is 13.3. The highest BCUT2D eigenvalue weighted by Crippen LogP contribution is 2.36. The molecule has 18 heavy (non-hydrogen) atoms. The highest BCUT2D eigenvalue weighted by atomic mass is 19.4. The first-order chi connectivity index (χ1) is 8.39. The highest BCUT2D eigenvalue weighted by molar-refractivity contribution is 5.99. The van der Waals surface area contributed by atoms with Crippen molar-refractivity contribution in [1.82, 2.24) is 4.98 Å². The highest BCUT2D eigenvalue weighted by Gasteiger charge is 2.37. The second-order valence-electron chi connectivity index (χ2n) is 4.90. The van der Waals surface area contributed by atoms with Crippen LogP contribution in [-0.2, 0) is 6.18 Å². The van der Waals surface area contributed by atoms with Crippen LogP contribution in [0.25, 0.3) is 0 Å². The van der Waals surface area contributed by atoms with Crippen molar-refractivity contribution in [3.05, 3.63) is 29.6 Å². The van der Waals surface area contributed by atoms with Gasteiger partial charge in [0.25, 0.3) is 0 Å². The molecule has 2 rings (SSSR count). The Kier molecular flexibility index (Phi) is 3.41. The largest absolute Gasteiger partial charge is 0.417 e. The van der Waals surface area contributed by atoms with Gasteiger partial charge in [0.2, 0.25) is 0 Å². The number of alkyl halides is 3. The molecule has 0 saturated heterocycles. The van der Waals surface area contributed by atoms with Gasteiger partial charge in [0.05, 0.1) is 5.56 Å². The summed E-state index contributed by atoms with van der Waals surface area (Å²) in [4.78, 5) is 15.8. The monoisotopic (exact) mass is 257 g/mol. The first kappa shape index (κ1) is 13.1. The smallest absolute Gasteiger partial charge is 0.294 e. The molecule has 1 fully saturated rings. The van der Waals surface area contributed by atoms with Crippen molar-refractivity contribution >= 4 is 5.78 Å². The van der Waals surface area contributed by atoms with Crippen LogP contribution in [-0.4, -0.2) is 10.8 Å². The zero-order valence-electron chi connectivity index (χ0n) is 10.00. The molecule has 2 unspecified atom stereocenters. The molecule has 0 radical (unpaired) electrons. The van der Waals surface area contributed by atoms with Gasteiger partial charge in [-0.05, 0) is 31.2 Å². The van der Waals surface area contributed by atoms with Gasteiger partial charge in [-0.25, -0.2) is 0 Å². The van der Waals surface area contributed by atoms with Crippen LogP contribution < -0.4 is 0 Å². The maximum Gasteiger partial charge on any atom is 0.417 e. The van der Waals surface area contributed by atoms with Crippen molar-refractivity contribution in [3.63, 3.8) is 0 Å². The molecule has 1 heterocycles. The molecule has 0 bridgehead atoms. The molecule has 0 aromatic carbocycles. The number of hydrogen-bond acceptors (Lipinski definition) is 2. The quantitative estimate of drug-likeness (QED) is 0.756. The molecule has 2 atom stereocenters. The second-order valence-corrected chi connectivity index (χ2v) is 4.90. The van der Waals surface area contributed by atoms with Crippen molar-refractivity contribution in [2.75, 3.05) is 0 Å². The van der Waals surface area contributed by atoms with E-state index in [0.717, 1.165) is 24.9 Å². The third kappa shape index (κ3) is 2.54. The molecule has 1 aliphatic rings.